The van der Waals surface area contributed by atoms with Crippen molar-refractivity contribution >= 4 is 0 Å². The molecular weight excluding hydrogens is 680 g/mol. The molecule has 1 rings (SSSR count). The molecule has 18 heavy (non-hydrogen) atoms. The molecule has 7 heteroatoms. The van der Waals surface area contributed by atoms with E-state index in [-0.39, 0.29) is 213 Å². The van der Waals surface area contributed by atoms with Gasteiger partial charge in [0.25, 0.3) is 0 Å². The van der Waals surface area contributed by atoms with Gasteiger partial charge >= 0.3 is 0 Å². The van der Waals surface area contributed by atoms with Gasteiger partial charge in [0.05, 0.1) is 0 Å². The van der Waals surface area contributed by atoms with E-state index in [4.69, 9.17) is 0 Å². The zero-order valence-electron chi connectivity index (χ0n) is 13.0. The first kappa shape index (κ1) is 39.6. The van der Waals surface area contributed by atoms with Gasteiger partial charge in [0.1, 0.15) is 0 Å². The predicted molar refractivity (Wildman–Crippen MR) is 54.0 cm³/mol. The van der Waals surface area contributed by atoms with Crippen LogP contribution in [0, 0.1) is 11.3 Å². The Morgan fingerprint density at radius 3 is 1.00 bits per heavy atom. The van der Waals surface area contributed by atoms with Crippen LogP contribution in [0.25, 0.3) is 0 Å². The average Bonchev–Trinajstić information content (AvgIpc) is 1.90. The molecule has 0 spiro atoms. The second-order valence-electron chi connectivity index (χ2n) is 5.62. The van der Waals surface area contributed by atoms with Gasteiger partial charge in [0.15, 0.2) is 0 Å². The topological polar surface area (TPSA) is 12.0 Å². The van der Waals surface area contributed by atoms with E-state index in [1.54, 1.807) is 5.92 Å². The molecule has 1 aliphatic rings. The molecule has 1 aliphatic heterocycles. The summed E-state index contributed by atoms with van der Waals surface area (Å²) >= 11 is 0. The maximum Gasteiger partial charge on any atom is 0 e. The fourth-order valence-corrected chi connectivity index (χ4v) is 2.28. The molecule has 90 valence electrons. The fourth-order valence-electron chi connectivity index (χ4n) is 2.28. The van der Waals surface area contributed by atoms with Crippen molar-refractivity contribution in [3.63, 3.8) is 0 Å². The summed E-state index contributed by atoms with van der Waals surface area (Å²) in [4.78, 5) is 0. The van der Waals surface area contributed by atoms with Crippen molar-refractivity contribution < 1.29 is 196 Å². The molecule has 0 unspecified atom stereocenters. The van der Waals surface area contributed by atoms with Crippen molar-refractivity contribution in [1.29, 1.82) is 0 Å². The first-order valence-electron chi connectivity index (χ1n) is 4.75. The van der Waals surface area contributed by atoms with E-state index in [2.05, 4.69) is 53.8 Å². The van der Waals surface area contributed by atoms with Crippen LogP contribution in [-0.2, 0) is 196 Å². The van der Waals surface area contributed by atoms with E-state index in [0.29, 0.717) is 0 Å². The van der Waals surface area contributed by atoms with Crippen LogP contribution in [0.4, 0.5) is 0 Å². The van der Waals surface area contributed by atoms with Gasteiger partial charge in [-0.2, -0.15) is 6.92 Å². The zero-order valence-corrected chi connectivity index (χ0v) is 30.0. The molecule has 0 saturated carbocycles. The van der Waals surface area contributed by atoms with E-state index in [1.165, 1.54) is 0 Å². The Bertz CT molecular complexity index is 206. The number of nitrogens with one attached hydrogen (secondary N) is 1. The minimum Gasteiger partial charge on any atom is -0.338 e. The van der Waals surface area contributed by atoms with E-state index >= 15 is 0 Å². The van der Waals surface area contributed by atoms with E-state index in [0.717, 1.165) is 0 Å². The quantitative estimate of drug-likeness (QED) is 0.384. The van der Waals surface area contributed by atoms with Gasteiger partial charge in [-0.1, -0.05) is 27.7 Å². The van der Waals surface area contributed by atoms with Gasteiger partial charge in [-0.25, -0.2) is 0 Å². The Morgan fingerprint density at radius 1 is 0.667 bits per heavy atom. The maximum absolute atomic E-state index is 3.67. The molecule has 1 nitrogen and oxygen atoms in total. The fraction of sp³-hybridized carbons (Fsp3) is 0.909. The predicted octanol–water partition coefficient (Wildman–Crippen LogP) is 2.75. The van der Waals surface area contributed by atoms with Crippen LogP contribution < -0.4 is 5.32 Å². The normalized spacial score (nSPS) is 21.5. The largest absolute Gasteiger partial charge is 0.338 e. The second-order valence-corrected chi connectivity index (χ2v) is 5.62. The summed E-state index contributed by atoms with van der Waals surface area (Å²) in [5.41, 5.74) is 0.685. The van der Waals surface area contributed by atoms with Crippen LogP contribution >= 0.6 is 0 Å². The Hall–Kier alpha value is 6.58. The van der Waals surface area contributed by atoms with Gasteiger partial charge in [-0.15, -0.1) is 11.0 Å². The molecule has 1 fully saturated rings. The second kappa shape index (κ2) is 14.7. The van der Waals surface area contributed by atoms with Gasteiger partial charge in [0, 0.05) is 196 Å². The van der Waals surface area contributed by atoms with Crippen molar-refractivity contribution in [2.75, 3.05) is 0 Å². The first-order chi connectivity index (χ1) is 5.11. The molecule has 6 radical (unpaired) electrons. The third kappa shape index (κ3) is 9.33. The Kier molecular flexibility index (Phi) is 32.4. The van der Waals surface area contributed by atoms with Crippen LogP contribution in [0.1, 0.15) is 48.5 Å². The summed E-state index contributed by atoms with van der Waals surface area (Å²) in [5.74, 6) is 1.56. The molecule has 1 N–H and O–H groups in total. The summed E-state index contributed by atoms with van der Waals surface area (Å²) in [6.45, 7) is 16.0. The van der Waals surface area contributed by atoms with Gasteiger partial charge in [-0.05, 0) is 19.4 Å². The van der Waals surface area contributed by atoms with Crippen LogP contribution in [0.2, 0.25) is 0 Å². The van der Waals surface area contributed by atoms with Crippen LogP contribution in [0.3, 0.4) is 0 Å². The van der Waals surface area contributed by atoms with Crippen molar-refractivity contribution in [2.45, 2.75) is 59.5 Å². The number of hydrogen-bond acceptors (Lipinski definition) is 1. The number of rotatable bonds is 0. The summed E-state index contributed by atoms with van der Waals surface area (Å²) < 4.78 is 0. The van der Waals surface area contributed by atoms with E-state index < -0.39 is 0 Å². The average molecular weight is 702 g/mol. The van der Waals surface area contributed by atoms with Crippen molar-refractivity contribution in [3.8, 4) is 0 Å². The molecule has 0 amide bonds. The summed E-state index contributed by atoms with van der Waals surface area (Å²) in [6.07, 6.45) is 0. The van der Waals surface area contributed by atoms with Crippen molar-refractivity contribution in [2.24, 2.45) is 5.41 Å². The third-order valence-corrected chi connectivity index (χ3v) is 4.06. The smallest absolute Gasteiger partial charge is 0 e. The summed E-state index contributed by atoms with van der Waals surface area (Å²) in [5, 5.41) is 3.67. The Morgan fingerprint density at radius 2 is 0.944 bits per heavy atom. The van der Waals surface area contributed by atoms with Crippen molar-refractivity contribution in [1.82, 2.24) is 5.32 Å². The molecule has 0 atom stereocenters. The summed E-state index contributed by atoms with van der Waals surface area (Å²) in [6, 6.07) is 0. The molecule has 0 bridgehead atoms. The van der Waals surface area contributed by atoms with E-state index in [9.17, 15) is 0 Å². The van der Waals surface area contributed by atoms with E-state index in [1.807, 2.05) is 0 Å². The Balaban J connectivity index is -0.0000000600. The SMILES string of the molecule is C[C-]1C(C)(C)NC(C)(C)C1(C)C.[Y].[Y].[Y].[Y].[Y].[Y]. The van der Waals surface area contributed by atoms with Crippen LogP contribution in [0.15, 0.2) is 0 Å². The molecule has 0 aromatic rings. The minimum atomic E-state index is 0. The molecular formula is C11H22NY6-. The monoisotopic (exact) mass is 702 g/mol. The van der Waals surface area contributed by atoms with Crippen LogP contribution in [0.5, 0.6) is 0 Å². The molecule has 0 aliphatic carbocycles. The minimum absolute atomic E-state index is 0. The van der Waals surface area contributed by atoms with Gasteiger partial charge in [-0.3, -0.25) is 5.92 Å². The molecule has 1 saturated heterocycles. The standard InChI is InChI=1S/C11H22N.6Y/c1-8-9(2,3)11(6,7)12-10(8,4)5;;;;;;/h12H,1-7H3;;;;;;/q-1;;;;;;. The molecule has 0 aromatic heterocycles. The zero-order chi connectivity index (χ0) is 9.78. The van der Waals surface area contributed by atoms with Gasteiger partial charge < -0.3 is 5.32 Å². The van der Waals surface area contributed by atoms with Gasteiger partial charge in [0.2, 0.25) is 0 Å². The summed E-state index contributed by atoms with van der Waals surface area (Å²) in [7, 11) is 0. The number of hydrogen-bond donors (Lipinski definition) is 1. The maximum atomic E-state index is 3.67. The first-order valence-corrected chi connectivity index (χ1v) is 4.75. The molecule has 1 heterocycles. The molecule has 0 aromatic carbocycles. The van der Waals surface area contributed by atoms with Crippen molar-refractivity contribution in [3.05, 3.63) is 5.92 Å². The van der Waals surface area contributed by atoms with Crippen LogP contribution in [-0.4, -0.2) is 11.1 Å². The third-order valence-electron chi connectivity index (χ3n) is 4.06. The Labute approximate surface area is 265 Å².